The van der Waals surface area contributed by atoms with Crippen LogP contribution >= 0.6 is 0 Å². The molecule has 1 amide bonds. The van der Waals surface area contributed by atoms with Crippen molar-refractivity contribution < 1.29 is 24.5 Å². The summed E-state index contributed by atoms with van der Waals surface area (Å²) in [6.07, 6.45) is 7.68. The largest absolute Gasteiger partial charge is 0.508 e. The van der Waals surface area contributed by atoms with Crippen molar-refractivity contribution in [1.29, 1.82) is 0 Å². The Hall–Kier alpha value is -3.58. The van der Waals surface area contributed by atoms with Crippen molar-refractivity contribution in [3.63, 3.8) is 0 Å². The highest BCUT2D eigenvalue weighted by Gasteiger charge is 2.61. The standard InChI is InChI=1S/C30H36N2O5/c1-4-16-32-17-15-29(24-8-6-10-27(35)19-24)20-25(13-14-30(29,21-32)37-22(2)33)31(3)28(36)12-11-23-7-5-9-26(34)18-23/h4-12,18-19,25,34-35H,1,13-17,20-21H2,2-3H3/t25-,29-,30-/m0/s1. The Morgan fingerprint density at radius 2 is 1.89 bits per heavy atom. The van der Waals surface area contributed by atoms with Crippen LogP contribution in [0.5, 0.6) is 11.5 Å². The number of rotatable bonds is 7. The van der Waals surface area contributed by atoms with Gasteiger partial charge in [0.15, 0.2) is 0 Å². The molecule has 1 saturated carbocycles. The van der Waals surface area contributed by atoms with E-state index >= 15 is 0 Å². The first-order valence-electron chi connectivity index (χ1n) is 12.7. The van der Waals surface area contributed by atoms with Crippen LogP contribution in [0.4, 0.5) is 0 Å². The highest BCUT2D eigenvalue weighted by Crippen LogP contribution is 2.54. The maximum absolute atomic E-state index is 13.2. The summed E-state index contributed by atoms with van der Waals surface area (Å²) in [5.74, 6) is -0.156. The molecule has 1 aliphatic heterocycles. The van der Waals surface area contributed by atoms with Gasteiger partial charge in [0, 0.05) is 44.6 Å². The molecule has 1 saturated heterocycles. The number of likely N-dealkylation sites (N-methyl/N-ethyl adjacent to an activating group) is 1. The molecule has 3 atom stereocenters. The number of carbonyl (C=O) groups excluding carboxylic acids is 2. The Morgan fingerprint density at radius 1 is 1.16 bits per heavy atom. The molecule has 7 nitrogen and oxygen atoms in total. The quantitative estimate of drug-likeness (QED) is 0.333. The molecule has 37 heavy (non-hydrogen) atoms. The first kappa shape index (κ1) is 26.5. The minimum Gasteiger partial charge on any atom is -0.508 e. The summed E-state index contributed by atoms with van der Waals surface area (Å²) in [6, 6.07) is 13.9. The lowest BCUT2D eigenvalue weighted by atomic mass is 9.55. The average molecular weight is 505 g/mol. The zero-order valence-electron chi connectivity index (χ0n) is 21.6. The molecule has 0 bridgehead atoms. The molecule has 0 spiro atoms. The van der Waals surface area contributed by atoms with Gasteiger partial charge in [-0.05, 0) is 73.7 Å². The molecule has 2 fully saturated rings. The molecule has 2 aromatic rings. The summed E-state index contributed by atoms with van der Waals surface area (Å²) in [5, 5.41) is 20.1. The van der Waals surface area contributed by atoms with Crippen LogP contribution in [-0.4, -0.2) is 70.2 Å². The minimum atomic E-state index is -0.786. The van der Waals surface area contributed by atoms with Crippen molar-refractivity contribution in [2.24, 2.45) is 0 Å². The summed E-state index contributed by atoms with van der Waals surface area (Å²) < 4.78 is 6.22. The summed E-state index contributed by atoms with van der Waals surface area (Å²) in [5.41, 5.74) is 0.311. The predicted molar refractivity (Wildman–Crippen MR) is 143 cm³/mol. The number of benzene rings is 2. The van der Waals surface area contributed by atoms with Crippen LogP contribution in [0, 0.1) is 0 Å². The Morgan fingerprint density at radius 3 is 2.57 bits per heavy atom. The van der Waals surface area contributed by atoms with Gasteiger partial charge in [-0.1, -0.05) is 30.3 Å². The fraction of sp³-hybridized carbons (Fsp3) is 0.400. The highest BCUT2D eigenvalue weighted by molar-refractivity contribution is 5.91. The van der Waals surface area contributed by atoms with Crippen molar-refractivity contribution in [2.45, 2.75) is 49.7 Å². The van der Waals surface area contributed by atoms with E-state index in [2.05, 4.69) is 11.5 Å². The van der Waals surface area contributed by atoms with E-state index in [0.29, 0.717) is 32.4 Å². The van der Waals surface area contributed by atoms with Crippen LogP contribution in [-0.2, 0) is 19.7 Å². The number of carbonyl (C=O) groups is 2. The predicted octanol–water partition coefficient (Wildman–Crippen LogP) is 4.25. The number of nitrogens with zero attached hydrogens (tertiary/aromatic N) is 2. The monoisotopic (exact) mass is 504 g/mol. The number of piperidine rings is 1. The zero-order valence-corrected chi connectivity index (χ0v) is 21.6. The number of hydrogen-bond acceptors (Lipinski definition) is 6. The third kappa shape index (κ3) is 5.42. The molecular formula is C30H36N2O5. The molecule has 7 heteroatoms. The summed E-state index contributed by atoms with van der Waals surface area (Å²) in [6.45, 7) is 7.37. The molecule has 1 heterocycles. The summed E-state index contributed by atoms with van der Waals surface area (Å²) >= 11 is 0. The van der Waals surface area contributed by atoms with Crippen molar-refractivity contribution >= 4 is 18.0 Å². The number of amides is 1. The van der Waals surface area contributed by atoms with E-state index in [4.69, 9.17) is 4.74 Å². The number of aromatic hydroxyl groups is 2. The van der Waals surface area contributed by atoms with Crippen LogP contribution in [0.1, 0.15) is 43.7 Å². The van der Waals surface area contributed by atoms with E-state index in [0.717, 1.165) is 24.1 Å². The second-order valence-corrected chi connectivity index (χ2v) is 10.3. The third-order valence-electron chi connectivity index (χ3n) is 7.98. The second-order valence-electron chi connectivity index (χ2n) is 10.3. The van der Waals surface area contributed by atoms with Crippen molar-refractivity contribution in [2.75, 3.05) is 26.7 Å². The van der Waals surface area contributed by atoms with Crippen molar-refractivity contribution in [3.8, 4) is 11.5 Å². The molecule has 2 aliphatic rings. The average Bonchev–Trinajstić information content (AvgIpc) is 2.86. The number of fused-ring (bicyclic) bond motifs is 1. The van der Waals surface area contributed by atoms with Crippen LogP contribution < -0.4 is 0 Å². The third-order valence-corrected chi connectivity index (χ3v) is 7.98. The zero-order chi connectivity index (χ0) is 26.6. The van der Waals surface area contributed by atoms with Crippen LogP contribution in [0.2, 0.25) is 0 Å². The highest BCUT2D eigenvalue weighted by atomic mass is 16.6. The molecule has 1 aliphatic carbocycles. The smallest absolute Gasteiger partial charge is 0.303 e. The van der Waals surface area contributed by atoms with Gasteiger partial charge in [-0.2, -0.15) is 0 Å². The van der Waals surface area contributed by atoms with Crippen LogP contribution in [0.25, 0.3) is 6.08 Å². The Labute approximate surface area is 218 Å². The first-order chi connectivity index (χ1) is 17.7. The lowest BCUT2D eigenvalue weighted by Gasteiger charge is -2.60. The number of likely N-dealkylation sites (tertiary alicyclic amines) is 1. The fourth-order valence-corrected chi connectivity index (χ4v) is 6.23. The van der Waals surface area contributed by atoms with E-state index in [1.54, 1.807) is 41.3 Å². The van der Waals surface area contributed by atoms with Crippen molar-refractivity contribution in [3.05, 3.63) is 78.4 Å². The fourth-order valence-electron chi connectivity index (χ4n) is 6.23. The number of phenolic OH excluding ortho intramolecular Hbond substituents is 2. The summed E-state index contributed by atoms with van der Waals surface area (Å²) in [7, 11) is 1.81. The van der Waals surface area contributed by atoms with E-state index in [-0.39, 0.29) is 29.4 Å². The normalized spacial score (nSPS) is 25.8. The van der Waals surface area contributed by atoms with Gasteiger partial charge < -0.3 is 19.8 Å². The van der Waals surface area contributed by atoms with Gasteiger partial charge in [-0.3, -0.25) is 14.5 Å². The van der Waals surface area contributed by atoms with Gasteiger partial charge in [0.1, 0.15) is 17.1 Å². The molecule has 4 rings (SSSR count). The molecular weight excluding hydrogens is 468 g/mol. The molecule has 2 N–H and O–H groups in total. The molecule has 0 aromatic heterocycles. The van der Waals surface area contributed by atoms with Gasteiger partial charge in [0.05, 0.1) is 0 Å². The number of esters is 1. The lowest BCUT2D eigenvalue weighted by Crippen LogP contribution is -2.68. The molecule has 0 radical (unpaired) electrons. The van der Waals surface area contributed by atoms with E-state index in [1.807, 2.05) is 31.3 Å². The van der Waals surface area contributed by atoms with Gasteiger partial charge in [-0.15, -0.1) is 6.58 Å². The molecule has 0 unspecified atom stereocenters. The van der Waals surface area contributed by atoms with Crippen molar-refractivity contribution in [1.82, 2.24) is 9.80 Å². The van der Waals surface area contributed by atoms with Crippen LogP contribution in [0.3, 0.4) is 0 Å². The van der Waals surface area contributed by atoms with Gasteiger partial charge in [0.2, 0.25) is 5.91 Å². The minimum absolute atomic E-state index is 0.0849. The molecule has 2 aromatic carbocycles. The second kappa shape index (κ2) is 10.8. The van der Waals surface area contributed by atoms with E-state index < -0.39 is 11.0 Å². The Bertz CT molecular complexity index is 1190. The van der Waals surface area contributed by atoms with E-state index in [9.17, 15) is 19.8 Å². The Kier molecular flexibility index (Phi) is 7.73. The Balaban J connectivity index is 1.67. The van der Waals surface area contributed by atoms with Gasteiger partial charge in [0.25, 0.3) is 0 Å². The first-order valence-corrected chi connectivity index (χ1v) is 12.7. The topological polar surface area (TPSA) is 90.3 Å². The SMILES string of the molecule is C=CCN1CC[C@@]2(c3cccc(O)c3)C[C@@H](N(C)C(=O)C=Cc3cccc(O)c3)CC[C@]2(OC(C)=O)C1. The van der Waals surface area contributed by atoms with Gasteiger partial charge >= 0.3 is 5.97 Å². The van der Waals surface area contributed by atoms with Gasteiger partial charge in [-0.25, -0.2) is 0 Å². The molecule has 196 valence electrons. The van der Waals surface area contributed by atoms with Crippen LogP contribution in [0.15, 0.2) is 67.3 Å². The van der Waals surface area contributed by atoms with E-state index in [1.165, 1.54) is 13.0 Å². The summed E-state index contributed by atoms with van der Waals surface area (Å²) in [4.78, 5) is 29.6. The maximum atomic E-state index is 13.2. The maximum Gasteiger partial charge on any atom is 0.303 e. The lowest BCUT2D eigenvalue weighted by molar-refractivity contribution is -0.189. The number of hydrogen-bond donors (Lipinski definition) is 2. The number of ether oxygens (including phenoxy) is 1. The number of phenols is 2.